The maximum atomic E-state index is 12.0. The van der Waals surface area contributed by atoms with Gasteiger partial charge in [0.1, 0.15) is 18.5 Å². The SMILES string of the molecule is O=C1OC(COc2ccccc2)C/C1=C(\Cl)c1ccccc1. The molecule has 1 aliphatic rings. The molecule has 1 fully saturated rings. The lowest BCUT2D eigenvalue weighted by molar-refractivity contribution is -0.139. The molecule has 2 aromatic rings. The standard InChI is InChI=1S/C18H15ClO3/c19-17(13-7-3-1-4-8-13)16-11-15(22-18(16)20)12-21-14-9-5-2-6-10-14/h1-10,15H,11-12H2/b17-16+. The summed E-state index contributed by atoms with van der Waals surface area (Å²) in [6, 6.07) is 18.9. The number of carbonyl (C=O) groups excluding carboxylic acids is 1. The maximum absolute atomic E-state index is 12.0. The average Bonchev–Trinajstić information content (AvgIpc) is 2.95. The molecule has 0 aliphatic carbocycles. The van der Waals surface area contributed by atoms with Crippen molar-refractivity contribution in [2.75, 3.05) is 6.61 Å². The van der Waals surface area contributed by atoms with Crippen molar-refractivity contribution in [2.24, 2.45) is 0 Å². The van der Waals surface area contributed by atoms with Gasteiger partial charge in [-0.25, -0.2) is 4.79 Å². The van der Waals surface area contributed by atoms with Crippen LogP contribution in [0.5, 0.6) is 5.75 Å². The van der Waals surface area contributed by atoms with E-state index in [9.17, 15) is 4.79 Å². The van der Waals surface area contributed by atoms with E-state index in [0.29, 0.717) is 23.6 Å². The lowest BCUT2D eigenvalue weighted by Gasteiger charge is -2.10. The zero-order chi connectivity index (χ0) is 15.4. The number of ether oxygens (including phenoxy) is 2. The van der Waals surface area contributed by atoms with Crippen molar-refractivity contribution in [3.8, 4) is 5.75 Å². The van der Waals surface area contributed by atoms with E-state index < -0.39 is 0 Å². The van der Waals surface area contributed by atoms with Crippen LogP contribution < -0.4 is 4.74 Å². The summed E-state index contributed by atoms with van der Waals surface area (Å²) in [4.78, 5) is 12.0. The number of halogens is 1. The van der Waals surface area contributed by atoms with Crippen LogP contribution >= 0.6 is 11.6 Å². The van der Waals surface area contributed by atoms with Gasteiger partial charge in [0.15, 0.2) is 0 Å². The molecule has 0 saturated carbocycles. The summed E-state index contributed by atoms with van der Waals surface area (Å²) in [5.41, 5.74) is 1.33. The second-order valence-electron chi connectivity index (χ2n) is 5.01. The largest absolute Gasteiger partial charge is 0.490 e. The molecule has 4 heteroatoms. The number of hydrogen-bond acceptors (Lipinski definition) is 3. The molecular formula is C18H15ClO3. The van der Waals surface area contributed by atoms with E-state index in [1.807, 2.05) is 60.7 Å². The van der Waals surface area contributed by atoms with Gasteiger partial charge >= 0.3 is 5.97 Å². The van der Waals surface area contributed by atoms with E-state index in [1.54, 1.807) is 0 Å². The Morgan fingerprint density at radius 2 is 1.73 bits per heavy atom. The smallest absolute Gasteiger partial charge is 0.336 e. The molecule has 1 heterocycles. The molecule has 0 N–H and O–H groups in total. The first-order valence-electron chi connectivity index (χ1n) is 7.07. The third-order valence-electron chi connectivity index (χ3n) is 3.42. The van der Waals surface area contributed by atoms with Crippen LogP contribution in [0.4, 0.5) is 0 Å². The van der Waals surface area contributed by atoms with Crippen molar-refractivity contribution >= 4 is 22.6 Å². The van der Waals surface area contributed by atoms with Gasteiger partial charge < -0.3 is 9.47 Å². The number of hydrogen-bond donors (Lipinski definition) is 0. The van der Waals surface area contributed by atoms with E-state index >= 15 is 0 Å². The topological polar surface area (TPSA) is 35.5 Å². The summed E-state index contributed by atoms with van der Waals surface area (Å²) in [7, 11) is 0. The molecule has 3 nitrogen and oxygen atoms in total. The van der Waals surface area contributed by atoms with E-state index in [1.165, 1.54) is 0 Å². The first-order valence-corrected chi connectivity index (χ1v) is 7.45. The number of carbonyl (C=O) groups is 1. The van der Waals surface area contributed by atoms with E-state index in [2.05, 4.69) is 0 Å². The predicted octanol–water partition coefficient (Wildman–Crippen LogP) is 4.03. The fraction of sp³-hybridized carbons (Fsp3) is 0.167. The maximum Gasteiger partial charge on any atom is 0.336 e. The van der Waals surface area contributed by atoms with Crippen molar-refractivity contribution < 1.29 is 14.3 Å². The molecule has 0 aromatic heterocycles. The van der Waals surface area contributed by atoms with E-state index in [0.717, 1.165) is 11.3 Å². The average molecular weight is 315 g/mol. The van der Waals surface area contributed by atoms with Gasteiger partial charge in [-0.05, 0) is 17.7 Å². The number of cyclic esters (lactones) is 1. The van der Waals surface area contributed by atoms with Crippen LogP contribution in [0.15, 0.2) is 66.2 Å². The highest BCUT2D eigenvalue weighted by Gasteiger charge is 2.32. The summed E-state index contributed by atoms with van der Waals surface area (Å²) < 4.78 is 11.0. The first kappa shape index (κ1) is 14.7. The van der Waals surface area contributed by atoms with Crippen LogP contribution in [0.3, 0.4) is 0 Å². The highest BCUT2D eigenvalue weighted by Crippen LogP contribution is 2.31. The summed E-state index contributed by atoms with van der Waals surface area (Å²) in [6.07, 6.45) is 0.152. The lowest BCUT2D eigenvalue weighted by atomic mass is 10.1. The zero-order valence-corrected chi connectivity index (χ0v) is 12.6. The first-order chi connectivity index (χ1) is 10.7. The minimum Gasteiger partial charge on any atom is -0.490 e. The highest BCUT2D eigenvalue weighted by atomic mass is 35.5. The van der Waals surface area contributed by atoms with Crippen molar-refractivity contribution in [3.05, 3.63) is 71.8 Å². The molecule has 0 amide bonds. The van der Waals surface area contributed by atoms with Crippen LogP contribution in [0.1, 0.15) is 12.0 Å². The quantitative estimate of drug-likeness (QED) is 0.631. The molecule has 3 rings (SSSR count). The Kier molecular flexibility index (Phi) is 4.45. The molecule has 1 saturated heterocycles. The lowest BCUT2D eigenvalue weighted by Crippen LogP contribution is -2.17. The van der Waals surface area contributed by atoms with Crippen LogP contribution in [0.2, 0.25) is 0 Å². The molecule has 1 aliphatic heterocycles. The summed E-state index contributed by atoms with van der Waals surface area (Å²) >= 11 is 6.33. The summed E-state index contributed by atoms with van der Waals surface area (Å²) in [5.74, 6) is 0.389. The number of esters is 1. The molecule has 1 atom stereocenters. The zero-order valence-electron chi connectivity index (χ0n) is 11.9. The van der Waals surface area contributed by atoms with Crippen molar-refractivity contribution in [1.82, 2.24) is 0 Å². The molecule has 0 bridgehead atoms. The van der Waals surface area contributed by atoms with Crippen LogP contribution in [-0.4, -0.2) is 18.7 Å². The van der Waals surface area contributed by atoms with Gasteiger partial charge in [0.25, 0.3) is 0 Å². The molecule has 2 aromatic carbocycles. The van der Waals surface area contributed by atoms with Crippen molar-refractivity contribution in [3.63, 3.8) is 0 Å². The Morgan fingerprint density at radius 3 is 2.41 bits per heavy atom. The van der Waals surface area contributed by atoms with Gasteiger partial charge in [0.05, 0.1) is 10.6 Å². The van der Waals surface area contributed by atoms with Gasteiger partial charge in [0, 0.05) is 6.42 Å². The minimum absolute atomic E-state index is 0.305. The van der Waals surface area contributed by atoms with Crippen LogP contribution in [0, 0.1) is 0 Å². The Labute approximate surface area is 134 Å². The molecule has 0 spiro atoms. The number of para-hydroxylation sites is 1. The Morgan fingerprint density at radius 1 is 1.09 bits per heavy atom. The fourth-order valence-corrected chi connectivity index (χ4v) is 2.59. The van der Waals surface area contributed by atoms with Crippen LogP contribution in [-0.2, 0) is 9.53 Å². The molecular weight excluding hydrogens is 300 g/mol. The monoisotopic (exact) mass is 314 g/mol. The van der Waals surface area contributed by atoms with Gasteiger partial charge in [-0.15, -0.1) is 0 Å². The molecule has 112 valence electrons. The Hall–Kier alpha value is -2.26. The van der Waals surface area contributed by atoms with E-state index in [4.69, 9.17) is 21.1 Å². The predicted molar refractivity (Wildman–Crippen MR) is 85.6 cm³/mol. The third-order valence-corrected chi connectivity index (χ3v) is 3.87. The Balaban J connectivity index is 1.68. The molecule has 1 unspecified atom stereocenters. The number of benzene rings is 2. The van der Waals surface area contributed by atoms with Gasteiger partial charge in [-0.1, -0.05) is 60.1 Å². The normalized spacial score (nSPS) is 19.7. The number of rotatable bonds is 4. The van der Waals surface area contributed by atoms with Gasteiger partial charge in [-0.3, -0.25) is 0 Å². The van der Waals surface area contributed by atoms with Crippen LogP contribution in [0.25, 0.3) is 5.03 Å². The fourth-order valence-electron chi connectivity index (χ4n) is 2.31. The highest BCUT2D eigenvalue weighted by molar-refractivity contribution is 6.51. The van der Waals surface area contributed by atoms with Crippen molar-refractivity contribution in [2.45, 2.75) is 12.5 Å². The molecule has 22 heavy (non-hydrogen) atoms. The Bertz CT molecular complexity index is 680. The van der Waals surface area contributed by atoms with Crippen molar-refractivity contribution in [1.29, 1.82) is 0 Å². The second kappa shape index (κ2) is 6.67. The molecule has 0 radical (unpaired) electrons. The summed E-state index contributed by atoms with van der Waals surface area (Å²) in [5, 5.41) is 0.452. The third kappa shape index (κ3) is 3.31. The van der Waals surface area contributed by atoms with Gasteiger partial charge in [0.2, 0.25) is 0 Å². The van der Waals surface area contributed by atoms with Gasteiger partial charge in [-0.2, -0.15) is 0 Å². The minimum atomic E-state index is -0.365. The van der Waals surface area contributed by atoms with E-state index in [-0.39, 0.29) is 12.1 Å². The summed E-state index contributed by atoms with van der Waals surface area (Å²) in [6.45, 7) is 0.318. The second-order valence-corrected chi connectivity index (χ2v) is 5.39.